The van der Waals surface area contributed by atoms with Gasteiger partial charge in [-0.2, -0.15) is 16.8 Å². The Morgan fingerprint density at radius 1 is 1.32 bits per heavy atom. The summed E-state index contributed by atoms with van der Waals surface area (Å²) in [6.07, 6.45) is 4.80. The zero-order valence-corrected chi connectivity index (χ0v) is 13.1. The second-order valence-corrected chi connectivity index (χ2v) is 5.33. The summed E-state index contributed by atoms with van der Waals surface area (Å²) in [4.78, 5) is 16.6. The molecule has 114 valence electrons. The second kappa shape index (κ2) is 12.7. The van der Waals surface area contributed by atoms with Crippen LogP contribution in [-0.2, 0) is 14.4 Å². The van der Waals surface area contributed by atoms with E-state index in [0.29, 0.717) is 13.2 Å². The smallest absolute Gasteiger partial charge is 0.309 e. The van der Waals surface area contributed by atoms with Gasteiger partial charge >= 0.3 is 5.97 Å². The molecule has 0 aliphatic rings. The van der Waals surface area contributed by atoms with Crippen LogP contribution >= 0.6 is 11.8 Å². The van der Waals surface area contributed by atoms with Gasteiger partial charge in [0, 0.05) is 18.8 Å². The third kappa shape index (κ3) is 10.2. The average Bonchev–Trinajstić information content (AvgIpc) is 2.41. The van der Waals surface area contributed by atoms with Crippen molar-refractivity contribution >= 4 is 17.7 Å². The molecular weight excluding hydrogens is 266 g/mol. The highest BCUT2D eigenvalue weighted by Gasteiger charge is 2.12. The molecule has 0 rings (SSSR count). The fraction of sp³-hybridized carbons (Fsp3) is 0.923. The summed E-state index contributed by atoms with van der Waals surface area (Å²) in [6, 6.07) is 0. The van der Waals surface area contributed by atoms with Gasteiger partial charge in [0.15, 0.2) is 0 Å². The van der Waals surface area contributed by atoms with Crippen molar-refractivity contribution in [2.24, 2.45) is 5.92 Å². The Hall–Kier alpha value is -0.300. The number of aliphatic hydroxyl groups excluding tert-OH is 1. The zero-order valence-electron chi connectivity index (χ0n) is 12.3. The van der Waals surface area contributed by atoms with Gasteiger partial charge in [0.05, 0.1) is 26.2 Å². The topological polar surface area (TPSA) is 59.0 Å². The van der Waals surface area contributed by atoms with E-state index >= 15 is 0 Å². The minimum absolute atomic E-state index is 0.0245. The average molecular weight is 293 g/mol. The zero-order chi connectivity index (χ0) is 14.5. The fourth-order valence-corrected chi connectivity index (χ4v) is 2.24. The predicted octanol–water partition coefficient (Wildman–Crippen LogP) is 1.55. The summed E-state index contributed by atoms with van der Waals surface area (Å²) in [7, 11) is 1.60. The number of carbonyl (C=O) groups is 1. The summed E-state index contributed by atoms with van der Waals surface area (Å²) >= 11 is 1.66. The molecule has 0 aromatic heterocycles. The van der Waals surface area contributed by atoms with E-state index in [1.54, 1.807) is 23.9 Å². The van der Waals surface area contributed by atoms with Crippen molar-refractivity contribution in [3.63, 3.8) is 0 Å². The molecule has 0 radical (unpaired) electrons. The highest BCUT2D eigenvalue weighted by molar-refractivity contribution is 7.98. The molecule has 0 aliphatic heterocycles. The third-order valence-corrected chi connectivity index (χ3v) is 3.56. The van der Waals surface area contributed by atoms with Crippen LogP contribution in [0.5, 0.6) is 0 Å². The van der Waals surface area contributed by atoms with Crippen molar-refractivity contribution in [3.8, 4) is 0 Å². The van der Waals surface area contributed by atoms with Crippen LogP contribution in [0.3, 0.4) is 0 Å². The molecule has 19 heavy (non-hydrogen) atoms. The van der Waals surface area contributed by atoms with E-state index in [4.69, 9.17) is 14.7 Å². The number of hydrogen-bond acceptors (Lipinski definition) is 6. The summed E-state index contributed by atoms with van der Waals surface area (Å²) in [5.41, 5.74) is 0. The summed E-state index contributed by atoms with van der Waals surface area (Å²) in [5.74, 6) is 0.680. The van der Waals surface area contributed by atoms with Crippen molar-refractivity contribution in [1.82, 2.24) is 5.06 Å². The van der Waals surface area contributed by atoms with Gasteiger partial charge in [-0.05, 0) is 25.5 Å². The lowest BCUT2D eigenvalue weighted by atomic mass is 10.2. The number of rotatable bonds is 12. The number of carbonyl (C=O) groups excluding carboxylic acids is 1. The summed E-state index contributed by atoms with van der Waals surface area (Å²) < 4.78 is 5.20. The van der Waals surface area contributed by atoms with Crippen LogP contribution in [0.1, 0.15) is 26.2 Å². The van der Waals surface area contributed by atoms with Crippen molar-refractivity contribution < 1.29 is 19.5 Å². The van der Waals surface area contributed by atoms with Crippen LogP contribution in [0.2, 0.25) is 0 Å². The van der Waals surface area contributed by atoms with E-state index < -0.39 is 0 Å². The maximum Gasteiger partial charge on any atom is 0.309 e. The van der Waals surface area contributed by atoms with E-state index in [9.17, 15) is 4.79 Å². The van der Waals surface area contributed by atoms with Gasteiger partial charge in [-0.25, -0.2) is 0 Å². The second-order valence-electron chi connectivity index (χ2n) is 4.42. The van der Waals surface area contributed by atoms with Gasteiger partial charge in [-0.15, -0.1) is 0 Å². The Morgan fingerprint density at radius 3 is 2.63 bits per heavy atom. The van der Waals surface area contributed by atoms with Crippen LogP contribution in [0.4, 0.5) is 0 Å². The number of aliphatic hydroxyl groups is 1. The minimum Gasteiger partial charge on any atom is -0.465 e. The molecule has 0 bridgehead atoms. The Labute approximate surface area is 120 Å². The molecule has 6 heteroatoms. The molecule has 0 heterocycles. The summed E-state index contributed by atoms with van der Waals surface area (Å²) in [6.45, 7) is 3.79. The Balaban J connectivity index is 3.46. The quantitative estimate of drug-likeness (QED) is 0.335. The molecule has 0 spiro atoms. The molecule has 1 unspecified atom stereocenters. The van der Waals surface area contributed by atoms with Crippen LogP contribution < -0.4 is 0 Å². The molecule has 0 saturated carbocycles. The number of hydrogen-bond donors (Lipinski definition) is 1. The minimum atomic E-state index is -0.104. The predicted molar refractivity (Wildman–Crippen MR) is 78.0 cm³/mol. The Morgan fingerprint density at radius 2 is 2.05 bits per heavy atom. The molecule has 0 aliphatic carbocycles. The number of ether oxygens (including phenoxy) is 1. The van der Waals surface area contributed by atoms with Gasteiger partial charge in [-0.3, -0.25) is 4.79 Å². The standard InChI is InChI=1S/C13H27NO4S/c1-12(11-19-3)13(16)18-10-6-4-5-7-14(17-2)8-9-15/h12,15H,4-11H2,1-3H3. The molecule has 5 nitrogen and oxygen atoms in total. The van der Waals surface area contributed by atoms with E-state index in [1.165, 1.54) is 0 Å². The molecule has 0 saturated heterocycles. The number of thioether (sulfide) groups is 1. The molecule has 0 aromatic carbocycles. The lowest BCUT2D eigenvalue weighted by Crippen LogP contribution is -2.26. The van der Waals surface area contributed by atoms with Gasteiger partial charge in [0.1, 0.15) is 0 Å². The van der Waals surface area contributed by atoms with Crippen molar-refractivity contribution in [2.75, 3.05) is 45.4 Å². The molecule has 0 amide bonds. The third-order valence-electron chi connectivity index (χ3n) is 2.72. The maximum atomic E-state index is 11.5. The number of esters is 1. The van der Waals surface area contributed by atoms with Crippen LogP contribution in [-0.4, -0.2) is 61.6 Å². The number of nitrogens with zero attached hydrogens (tertiary/aromatic N) is 1. The SMILES string of the molecule is CON(CCO)CCCCCOC(=O)C(C)CSC. The lowest BCUT2D eigenvalue weighted by Gasteiger charge is -2.17. The van der Waals surface area contributed by atoms with E-state index in [-0.39, 0.29) is 18.5 Å². The first-order valence-corrected chi connectivity index (χ1v) is 8.10. The summed E-state index contributed by atoms with van der Waals surface area (Å²) in [5, 5.41) is 10.5. The van der Waals surface area contributed by atoms with Crippen LogP contribution in [0.15, 0.2) is 0 Å². The normalized spacial score (nSPS) is 12.7. The van der Waals surface area contributed by atoms with Gasteiger partial charge < -0.3 is 14.7 Å². The largest absolute Gasteiger partial charge is 0.465 e. The van der Waals surface area contributed by atoms with Gasteiger partial charge in [0.2, 0.25) is 0 Å². The van der Waals surface area contributed by atoms with Crippen LogP contribution in [0, 0.1) is 5.92 Å². The Bertz CT molecular complexity index is 229. The van der Waals surface area contributed by atoms with E-state index in [1.807, 2.05) is 13.2 Å². The van der Waals surface area contributed by atoms with Crippen LogP contribution in [0.25, 0.3) is 0 Å². The highest BCUT2D eigenvalue weighted by Crippen LogP contribution is 2.07. The number of unbranched alkanes of at least 4 members (excludes halogenated alkanes) is 2. The van der Waals surface area contributed by atoms with E-state index in [2.05, 4.69) is 0 Å². The lowest BCUT2D eigenvalue weighted by molar-refractivity contribution is -0.147. The molecule has 1 atom stereocenters. The number of hydroxylamine groups is 2. The van der Waals surface area contributed by atoms with Crippen molar-refractivity contribution in [1.29, 1.82) is 0 Å². The van der Waals surface area contributed by atoms with E-state index in [0.717, 1.165) is 31.6 Å². The first-order valence-electron chi connectivity index (χ1n) is 6.71. The first-order chi connectivity index (χ1) is 9.15. The Kier molecular flexibility index (Phi) is 12.5. The molecule has 1 N–H and O–H groups in total. The monoisotopic (exact) mass is 293 g/mol. The first kappa shape index (κ1) is 18.7. The molecular formula is C13H27NO4S. The maximum absolute atomic E-state index is 11.5. The van der Waals surface area contributed by atoms with Gasteiger partial charge in [-0.1, -0.05) is 6.92 Å². The van der Waals surface area contributed by atoms with Crippen molar-refractivity contribution in [2.45, 2.75) is 26.2 Å². The van der Waals surface area contributed by atoms with Crippen molar-refractivity contribution in [3.05, 3.63) is 0 Å². The molecule has 0 fully saturated rings. The fourth-order valence-electron chi connectivity index (χ4n) is 1.61. The highest BCUT2D eigenvalue weighted by atomic mass is 32.2. The van der Waals surface area contributed by atoms with Gasteiger partial charge in [0.25, 0.3) is 0 Å². The molecule has 0 aromatic rings.